The summed E-state index contributed by atoms with van der Waals surface area (Å²) in [5, 5.41) is 15.3. The predicted octanol–water partition coefficient (Wildman–Crippen LogP) is 2.72. The van der Waals surface area contributed by atoms with Crippen molar-refractivity contribution in [2.75, 3.05) is 6.54 Å². The average Bonchev–Trinajstić information content (AvgIpc) is 2.34. The average molecular weight is 285 g/mol. The predicted molar refractivity (Wildman–Crippen MR) is 77.2 cm³/mol. The summed E-state index contributed by atoms with van der Waals surface area (Å²) in [6, 6.07) is 6.99. The van der Waals surface area contributed by atoms with Gasteiger partial charge in [-0.25, -0.2) is 4.79 Å². The van der Waals surface area contributed by atoms with E-state index in [1.165, 1.54) is 0 Å². The lowest BCUT2D eigenvalue weighted by Gasteiger charge is -2.24. The van der Waals surface area contributed by atoms with Gasteiger partial charge in [0.25, 0.3) is 0 Å². The summed E-state index contributed by atoms with van der Waals surface area (Å²) in [6.07, 6.45) is -0.566. The molecule has 1 unspecified atom stereocenters. The smallest absolute Gasteiger partial charge is 0.315 e. The van der Waals surface area contributed by atoms with Crippen LogP contribution in [0.25, 0.3) is 0 Å². The van der Waals surface area contributed by atoms with E-state index >= 15 is 0 Å². The van der Waals surface area contributed by atoms with Gasteiger partial charge in [0.15, 0.2) is 0 Å². The van der Waals surface area contributed by atoms with Gasteiger partial charge in [-0.2, -0.15) is 0 Å². The number of urea groups is 1. The first-order valence-electron chi connectivity index (χ1n) is 6.38. The third-order valence-corrected chi connectivity index (χ3v) is 3.10. The fourth-order valence-corrected chi connectivity index (χ4v) is 2.02. The van der Waals surface area contributed by atoms with Crippen molar-refractivity contribution in [3.63, 3.8) is 0 Å². The second-order valence-corrected chi connectivity index (χ2v) is 5.35. The van der Waals surface area contributed by atoms with Gasteiger partial charge in [-0.05, 0) is 24.5 Å². The highest BCUT2D eigenvalue weighted by Crippen LogP contribution is 2.27. The number of carbonyl (C=O) groups is 1. The van der Waals surface area contributed by atoms with Crippen molar-refractivity contribution < 1.29 is 9.90 Å². The lowest BCUT2D eigenvalue weighted by atomic mass is 9.96. The lowest BCUT2D eigenvalue weighted by Crippen LogP contribution is -2.42. The maximum atomic E-state index is 11.8. The molecule has 0 aliphatic carbocycles. The minimum absolute atomic E-state index is 0.164. The van der Waals surface area contributed by atoms with Crippen LogP contribution in [0.2, 0.25) is 5.02 Å². The molecule has 2 amide bonds. The molecule has 2 atom stereocenters. The molecule has 0 radical (unpaired) electrons. The zero-order chi connectivity index (χ0) is 14.4. The van der Waals surface area contributed by atoms with Crippen LogP contribution in [0, 0.1) is 5.92 Å². The van der Waals surface area contributed by atoms with E-state index in [2.05, 4.69) is 10.6 Å². The highest BCUT2D eigenvalue weighted by atomic mass is 35.5. The van der Waals surface area contributed by atoms with Crippen LogP contribution in [0.15, 0.2) is 24.3 Å². The van der Waals surface area contributed by atoms with Crippen molar-refractivity contribution in [2.45, 2.75) is 32.9 Å². The molecular weight excluding hydrogens is 264 g/mol. The monoisotopic (exact) mass is 284 g/mol. The molecule has 3 N–H and O–H groups in total. The van der Waals surface area contributed by atoms with Gasteiger partial charge in [0.2, 0.25) is 0 Å². The van der Waals surface area contributed by atoms with E-state index in [1.807, 2.05) is 38.1 Å². The highest BCUT2D eigenvalue weighted by Gasteiger charge is 2.20. The molecule has 0 aliphatic heterocycles. The molecule has 0 heterocycles. The summed E-state index contributed by atoms with van der Waals surface area (Å²) in [6.45, 7) is 5.87. The zero-order valence-electron chi connectivity index (χ0n) is 11.5. The van der Waals surface area contributed by atoms with Crippen molar-refractivity contribution in [1.29, 1.82) is 0 Å². The Morgan fingerprint density at radius 1 is 1.32 bits per heavy atom. The van der Waals surface area contributed by atoms with Gasteiger partial charge in [-0.1, -0.05) is 43.6 Å². The van der Waals surface area contributed by atoms with Crippen molar-refractivity contribution >= 4 is 17.6 Å². The fraction of sp³-hybridized carbons (Fsp3) is 0.500. The molecule has 1 aromatic rings. The summed E-state index contributed by atoms with van der Waals surface area (Å²) < 4.78 is 0. The van der Waals surface area contributed by atoms with E-state index < -0.39 is 6.10 Å². The van der Waals surface area contributed by atoms with Gasteiger partial charge >= 0.3 is 6.03 Å². The van der Waals surface area contributed by atoms with Crippen LogP contribution in [0.5, 0.6) is 0 Å². The van der Waals surface area contributed by atoms with Gasteiger partial charge in [0.1, 0.15) is 0 Å². The molecule has 19 heavy (non-hydrogen) atoms. The maximum Gasteiger partial charge on any atom is 0.315 e. The second-order valence-electron chi connectivity index (χ2n) is 4.95. The van der Waals surface area contributed by atoms with Crippen LogP contribution >= 0.6 is 11.6 Å². The Labute approximate surface area is 119 Å². The van der Waals surface area contributed by atoms with Crippen LogP contribution in [0.4, 0.5) is 4.79 Å². The lowest BCUT2D eigenvalue weighted by molar-refractivity contribution is 0.186. The van der Waals surface area contributed by atoms with Gasteiger partial charge in [-0.15, -0.1) is 0 Å². The summed E-state index contributed by atoms with van der Waals surface area (Å²) in [7, 11) is 0. The number of rotatable bonds is 5. The topological polar surface area (TPSA) is 61.4 Å². The van der Waals surface area contributed by atoms with Gasteiger partial charge in [-0.3, -0.25) is 0 Å². The van der Waals surface area contributed by atoms with Gasteiger partial charge < -0.3 is 15.7 Å². The normalized spacial score (nSPS) is 14.0. The zero-order valence-corrected chi connectivity index (χ0v) is 12.2. The van der Waals surface area contributed by atoms with Crippen molar-refractivity contribution in [2.24, 2.45) is 5.92 Å². The number of nitrogens with one attached hydrogen (secondary N) is 2. The number of halogens is 1. The first kappa shape index (κ1) is 15.8. The number of carbonyl (C=O) groups excluding carboxylic acids is 1. The quantitative estimate of drug-likeness (QED) is 0.778. The van der Waals surface area contributed by atoms with E-state index in [0.29, 0.717) is 5.02 Å². The number of aliphatic hydroxyl groups is 1. The summed E-state index contributed by atoms with van der Waals surface area (Å²) >= 11 is 6.16. The number of hydrogen-bond donors (Lipinski definition) is 3. The fourth-order valence-electron chi connectivity index (χ4n) is 1.76. The second kappa shape index (κ2) is 7.36. The van der Waals surface area contributed by atoms with Gasteiger partial charge in [0.05, 0.1) is 12.1 Å². The Morgan fingerprint density at radius 3 is 2.47 bits per heavy atom. The molecule has 106 valence electrons. The van der Waals surface area contributed by atoms with Crippen molar-refractivity contribution in [3.05, 3.63) is 34.9 Å². The summed E-state index contributed by atoms with van der Waals surface area (Å²) in [5.41, 5.74) is 0.895. The Kier molecular flexibility index (Phi) is 6.12. The van der Waals surface area contributed by atoms with E-state index in [0.717, 1.165) is 5.56 Å². The SMILES string of the molecule is CC(C)C(NC(=O)NC[C@@H](C)O)c1ccccc1Cl. The minimum Gasteiger partial charge on any atom is -0.392 e. The summed E-state index contributed by atoms with van der Waals surface area (Å²) in [5.74, 6) is 0.206. The van der Waals surface area contributed by atoms with Crippen LogP contribution in [-0.2, 0) is 0 Å². The van der Waals surface area contributed by atoms with E-state index in [4.69, 9.17) is 16.7 Å². The van der Waals surface area contributed by atoms with Crippen LogP contribution in [0.3, 0.4) is 0 Å². The van der Waals surface area contributed by atoms with Crippen molar-refractivity contribution in [3.8, 4) is 0 Å². The molecule has 0 spiro atoms. The first-order chi connectivity index (χ1) is 8.91. The maximum absolute atomic E-state index is 11.8. The van der Waals surface area contributed by atoms with Crippen LogP contribution in [-0.4, -0.2) is 23.8 Å². The van der Waals surface area contributed by atoms with Crippen LogP contribution < -0.4 is 10.6 Å². The Morgan fingerprint density at radius 2 is 1.95 bits per heavy atom. The molecule has 0 saturated heterocycles. The first-order valence-corrected chi connectivity index (χ1v) is 6.76. The molecule has 0 aliphatic rings. The van der Waals surface area contributed by atoms with E-state index in [1.54, 1.807) is 6.92 Å². The minimum atomic E-state index is -0.566. The molecule has 0 fully saturated rings. The summed E-state index contributed by atoms with van der Waals surface area (Å²) in [4.78, 5) is 11.8. The standard InChI is InChI=1S/C14H21ClN2O2/c1-9(2)13(11-6-4-5-7-12(11)15)17-14(19)16-8-10(3)18/h4-7,9-10,13,18H,8H2,1-3H3,(H2,16,17,19)/t10-,13?/m1/s1. The third-order valence-electron chi connectivity index (χ3n) is 2.75. The molecular formula is C14H21ClN2O2. The molecule has 5 heteroatoms. The molecule has 0 saturated carbocycles. The van der Waals surface area contributed by atoms with Gasteiger partial charge in [0, 0.05) is 11.6 Å². The molecule has 1 rings (SSSR count). The number of benzene rings is 1. The molecule has 0 bridgehead atoms. The van der Waals surface area contributed by atoms with E-state index in [9.17, 15) is 4.79 Å². The Bertz CT molecular complexity index is 422. The highest BCUT2D eigenvalue weighted by molar-refractivity contribution is 6.31. The Balaban J connectivity index is 2.74. The third kappa shape index (κ3) is 5.09. The number of hydrogen-bond acceptors (Lipinski definition) is 2. The van der Waals surface area contributed by atoms with Crippen LogP contribution in [0.1, 0.15) is 32.4 Å². The molecule has 1 aromatic carbocycles. The molecule has 0 aromatic heterocycles. The number of amides is 2. The van der Waals surface area contributed by atoms with E-state index in [-0.39, 0.29) is 24.5 Å². The molecule has 4 nitrogen and oxygen atoms in total. The Hall–Kier alpha value is -1.26. The number of aliphatic hydroxyl groups excluding tert-OH is 1. The van der Waals surface area contributed by atoms with Crippen molar-refractivity contribution in [1.82, 2.24) is 10.6 Å². The largest absolute Gasteiger partial charge is 0.392 e.